The summed E-state index contributed by atoms with van der Waals surface area (Å²) in [6, 6.07) is 6.49. The Morgan fingerprint density at radius 1 is 1.33 bits per heavy atom. The smallest absolute Gasteiger partial charge is 0.0178 e. The Kier molecular flexibility index (Phi) is 3.30. The van der Waals surface area contributed by atoms with Crippen LogP contribution in [-0.2, 0) is 13.0 Å². The SMILES string of the molecule is CCCc1cc(CN)ccc1C. The van der Waals surface area contributed by atoms with Gasteiger partial charge in [-0.15, -0.1) is 0 Å². The van der Waals surface area contributed by atoms with Gasteiger partial charge in [0.25, 0.3) is 0 Å². The number of rotatable bonds is 3. The molecule has 1 nitrogen and oxygen atoms in total. The van der Waals surface area contributed by atoms with Gasteiger partial charge in [0.2, 0.25) is 0 Å². The van der Waals surface area contributed by atoms with Crippen molar-refractivity contribution >= 4 is 0 Å². The lowest BCUT2D eigenvalue weighted by Gasteiger charge is -2.05. The molecular weight excluding hydrogens is 146 g/mol. The van der Waals surface area contributed by atoms with Crippen molar-refractivity contribution in [2.45, 2.75) is 33.2 Å². The van der Waals surface area contributed by atoms with E-state index in [-0.39, 0.29) is 0 Å². The lowest BCUT2D eigenvalue weighted by Crippen LogP contribution is -1.98. The average Bonchev–Trinajstić information content (AvgIpc) is 2.09. The fourth-order valence-electron chi connectivity index (χ4n) is 1.39. The van der Waals surface area contributed by atoms with E-state index in [9.17, 15) is 0 Å². The molecule has 0 aliphatic heterocycles. The highest BCUT2D eigenvalue weighted by atomic mass is 14.5. The van der Waals surface area contributed by atoms with Crippen LogP contribution < -0.4 is 5.73 Å². The summed E-state index contributed by atoms with van der Waals surface area (Å²) in [6.07, 6.45) is 2.37. The van der Waals surface area contributed by atoms with Crippen molar-refractivity contribution in [1.82, 2.24) is 0 Å². The minimum atomic E-state index is 0.650. The molecule has 0 unspecified atom stereocenters. The van der Waals surface area contributed by atoms with Crippen LogP contribution in [0.4, 0.5) is 0 Å². The van der Waals surface area contributed by atoms with Crippen LogP contribution in [-0.4, -0.2) is 0 Å². The fraction of sp³-hybridized carbons (Fsp3) is 0.455. The summed E-state index contributed by atoms with van der Waals surface area (Å²) in [5, 5.41) is 0. The Hall–Kier alpha value is -0.820. The third-order valence-corrected chi connectivity index (χ3v) is 2.17. The van der Waals surface area contributed by atoms with E-state index in [1.54, 1.807) is 0 Å². The summed E-state index contributed by atoms with van der Waals surface area (Å²) in [7, 11) is 0. The summed E-state index contributed by atoms with van der Waals surface area (Å²) in [5.41, 5.74) is 9.63. The first-order valence-corrected chi connectivity index (χ1v) is 4.56. The van der Waals surface area contributed by atoms with Gasteiger partial charge in [-0.05, 0) is 30.0 Å². The maximum atomic E-state index is 5.56. The molecule has 1 aromatic rings. The van der Waals surface area contributed by atoms with Crippen molar-refractivity contribution in [2.24, 2.45) is 5.73 Å². The Bertz CT molecular complexity index is 253. The molecule has 0 aromatic heterocycles. The fourth-order valence-corrected chi connectivity index (χ4v) is 1.39. The number of nitrogens with two attached hydrogens (primary N) is 1. The van der Waals surface area contributed by atoms with Gasteiger partial charge in [0.15, 0.2) is 0 Å². The maximum absolute atomic E-state index is 5.56. The number of hydrogen-bond acceptors (Lipinski definition) is 1. The van der Waals surface area contributed by atoms with Crippen LogP contribution in [0.2, 0.25) is 0 Å². The standard InChI is InChI=1S/C11H17N/c1-3-4-11-7-10(8-12)6-5-9(11)2/h5-7H,3-4,8,12H2,1-2H3. The summed E-state index contributed by atoms with van der Waals surface area (Å²) in [5.74, 6) is 0. The molecule has 66 valence electrons. The van der Waals surface area contributed by atoms with Gasteiger partial charge in [-0.25, -0.2) is 0 Å². The minimum Gasteiger partial charge on any atom is -0.326 e. The predicted octanol–water partition coefficient (Wildman–Crippen LogP) is 2.41. The van der Waals surface area contributed by atoms with Gasteiger partial charge in [-0.2, -0.15) is 0 Å². The van der Waals surface area contributed by atoms with Crippen LogP contribution >= 0.6 is 0 Å². The van der Waals surface area contributed by atoms with Gasteiger partial charge >= 0.3 is 0 Å². The van der Waals surface area contributed by atoms with Crippen LogP contribution in [0.15, 0.2) is 18.2 Å². The average molecular weight is 163 g/mol. The zero-order valence-corrected chi connectivity index (χ0v) is 7.93. The van der Waals surface area contributed by atoms with Gasteiger partial charge in [0, 0.05) is 6.54 Å². The molecule has 2 N–H and O–H groups in total. The van der Waals surface area contributed by atoms with Gasteiger partial charge < -0.3 is 5.73 Å². The quantitative estimate of drug-likeness (QED) is 0.727. The van der Waals surface area contributed by atoms with Crippen molar-refractivity contribution in [3.05, 3.63) is 34.9 Å². The second kappa shape index (κ2) is 4.27. The minimum absolute atomic E-state index is 0.650. The van der Waals surface area contributed by atoms with Crippen LogP contribution in [0.1, 0.15) is 30.0 Å². The van der Waals surface area contributed by atoms with E-state index in [0.717, 1.165) is 0 Å². The van der Waals surface area contributed by atoms with Gasteiger partial charge in [0.1, 0.15) is 0 Å². The molecular formula is C11H17N. The highest BCUT2D eigenvalue weighted by Crippen LogP contribution is 2.12. The van der Waals surface area contributed by atoms with E-state index in [2.05, 4.69) is 32.0 Å². The first-order valence-electron chi connectivity index (χ1n) is 4.56. The Balaban J connectivity index is 2.91. The summed E-state index contributed by atoms with van der Waals surface area (Å²) >= 11 is 0. The molecule has 0 heterocycles. The third kappa shape index (κ3) is 2.08. The molecule has 0 atom stereocenters. The highest BCUT2D eigenvalue weighted by Gasteiger charge is 1.97. The lowest BCUT2D eigenvalue weighted by atomic mass is 10.0. The van der Waals surface area contributed by atoms with E-state index < -0.39 is 0 Å². The Labute approximate surface area is 74.6 Å². The molecule has 0 amide bonds. The molecule has 0 radical (unpaired) electrons. The maximum Gasteiger partial charge on any atom is 0.0178 e. The van der Waals surface area contributed by atoms with Crippen molar-refractivity contribution < 1.29 is 0 Å². The Morgan fingerprint density at radius 3 is 2.67 bits per heavy atom. The van der Waals surface area contributed by atoms with Crippen LogP contribution in [0.3, 0.4) is 0 Å². The monoisotopic (exact) mass is 163 g/mol. The van der Waals surface area contributed by atoms with Crippen molar-refractivity contribution in [3.63, 3.8) is 0 Å². The third-order valence-electron chi connectivity index (χ3n) is 2.17. The second-order valence-corrected chi connectivity index (χ2v) is 3.21. The van der Waals surface area contributed by atoms with Crippen molar-refractivity contribution in [2.75, 3.05) is 0 Å². The molecule has 0 saturated carbocycles. The summed E-state index contributed by atoms with van der Waals surface area (Å²) < 4.78 is 0. The molecule has 0 spiro atoms. The van der Waals surface area contributed by atoms with Gasteiger partial charge in [0.05, 0.1) is 0 Å². The van der Waals surface area contributed by atoms with Gasteiger partial charge in [-0.1, -0.05) is 31.5 Å². The van der Waals surface area contributed by atoms with Crippen LogP contribution in [0.5, 0.6) is 0 Å². The first kappa shape index (κ1) is 9.27. The highest BCUT2D eigenvalue weighted by molar-refractivity contribution is 5.31. The normalized spacial score (nSPS) is 10.2. The molecule has 1 heteroatoms. The summed E-state index contributed by atoms with van der Waals surface area (Å²) in [4.78, 5) is 0. The van der Waals surface area contributed by atoms with Gasteiger partial charge in [-0.3, -0.25) is 0 Å². The summed E-state index contributed by atoms with van der Waals surface area (Å²) in [6.45, 7) is 5.01. The van der Waals surface area contributed by atoms with Crippen LogP contribution in [0.25, 0.3) is 0 Å². The van der Waals surface area contributed by atoms with E-state index in [1.807, 2.05) is 0 Å². The van der Waals surface area contributed by atoms with E-state index in [0.29, 0.717) is 6.54 Å². The number of aryl methyl sites for hydroxylation is 2. The zero-order chi connectivity index (χ0) is 8.97. The van der Waals surface area contributed by atoms with E-state index in [4.69, 9.17) is 5.73 Å². The molecule has 0 fully saturated rings. The number of benzene rings is 1. The van der Waals surface area contributed by atoms with E-state index >= 15 is 0 Å². The molecule has 0 aliphatic carbocycles. The predicted molar refractivity (Wildman–Crippen MR) is 53.1 cm³/mol. The molecule has 0 aliphatic rings. The molecule has 0 saturated heterocycles. The van der Waals surface area contributed by atoms with E-state index in [1.165, 1.54) is 29.5 Å². The Morgan fingerprint density at radius 2 is 2.08 bits per heavy atom. The molecule has 1 rings (SSSR count). The van der Waals surface area contributed by atoms with Crippen LogP contribution in [0, 0.1) is 6.92 Å². The molecule has 0 bridgehead atoms. The van der Waals surface area contributed by atoms with Crippen molar-refractivity contribution in [1.29, 1.82) is 0 Å². The first-order chi connectivity index (χ1) is 5.77. The largest absolute Gasteiger partial charge is 0.326 e. The van der Waals surface area contributed by atoms with Crippen molar-refractivity contribution in [3.8, 4) is 0 Å². The molecule has 1 aromatic carbocycles. The zero-order valence-electron chi connectivity index (χ0n) is 7.93. The lowest BCUT2D eigenvalue weighted by molar-refractivity contribution is 0.906. The second-order valence-electron chi connectivity index (χ2n) is 3.21. The molecule has 12 heavy (non-hydrogen) atoms. The topological polar surface area (TPSA) is 26.0 Å². The number of hydrogen-bond donors (Lipinski definition) is 1.